The van der Waals surface area contributed by atoms with Crippen LogP contribution in [-0.4, -0.2) is 52.4 Å². The number of benzene rings is 1. The summed E-state index contributed by atoms with van der Waals surface area (Å²) in [4.78, 5) is 7.32. The van der Waals surface area contributed by atoms with Gasteiger partial charge in [-0.2, -0.15) is 5.10 Å². The second-order valence-electron chi connectivity index (χ2n) is 7.78. The average molecular weight is 510 g/mol. The van der Waals surface area contributed by atoms with Crippen molar-refractivity contribution in [1.82, 2.24) is 25.3 Å². The lowest BCUT2D eigenvalue weighted by molar-refractivity contribution is 0.167. The van der Waals surface area contributed by atoms with E-state index >= 15 is 0 Å². The number of hydrogen-bond acceptors (Lipinski definition) is 3. The lowest BCUT2D eigenvalue weighted by Crippen LogP contribution is -2.49. The number of likely N-dealkylation sites (tertiary alicyclic amines) is 1. The minimum absolute atomic E-state index is 0. The maximum atomic E-state index is 4.78. The highest BCUT2D eigenvalue weighted by Gasteiger charge is 2.21. The van der Waals surface area contributed by atoms with Gasteiger partial charge in [0.2, 0.25) is 0 Å². The molecule has 160 valence electrons. The molecule has 0 aliphatic carbocycles. The molecule has 0 spiro atoms. The molecule has 0 saturated carbocycles. The zero-order valence-corrected chi connectivity index (χ0v) is 20.2. The largest absolute Gasteiger partial charge is 0.357 e. The van der Waals surface area contributed by atoms with Crippen molar-refractivity contribution in [2.75, 3.05) is 19.6 Å². The highest BCUT2D eigenvalue weighted by Crippen LogP contribution is 2.13. The topological polar surface area (TPSA) is 57.5 Å². The van der Waals surface area contributed by atoms with Gasteiger partial charge < -0.3 is 15.5 Å². The van der Waals surface area contributed by atoms with E-state index in [1.165, 1.54) is 5.56 Å². The Balaban J connectivity index is 0.00000300. The van der Waals surface area contributed by atoms with Crippen LogP contribution in [0.25, 0.3) is 0 Å². The van der Waals surface area contributed by atoms with E-state index in [-0.39, 0.29) is 24.0 Å². The molecule has 7 heteroatoms. The minimum atomic E-state index is 0. The van der Waals surface area contributed by atoms with Crippen molar-refractivity contribution in [1.29, 1.82) is 0 Å². The van der Waals surface area contributed by atoms with E-state index < -0.39 is 0 Å². The molecule has 0 atom stereocenters. The maximum Gasteiger partial charge on any atom is 0.191 e. The van der Waals surface area contributed by atoms with Crippen LogP contribution in [-0.2, 0) is 13.1 Å². The molecule has 0 bridgehead atoms. The first-order chi connectivity index (χ1) is 13.6. The lowest BCUT2D eigenvalue weighted by Gasteiger charge is -2.35. The van der Waals surface area contributed by atoms with Gasteiger partial charge in [-0.05, 0) is 39.2 Å². The van der Waals surface area contributed by atoms with Crippen LogP contribution in [0.4, 0.5) is 0 Å². The second-order valence-corrected chi connectivity index (χ2v) is 7.78. The summed E-state index contributed by atoms with van der Waals surface area (Å²) < 4.78 is 1.97. The molecule has 0 radical (unpaired) electrons. The van der Waals surface area contributed by atoms with E-state index in [2.05, 4.69) is 71.9 Å². The number of rotatable bonds is 7. The number of piperidine rings is 1. The Morgan fingerprint density at radius 3 is 2.55 bits per heavy atom. The van der Waals surface area contributed by atoms with Crippen molar-refractivity contribution < 1.29 is 0 Å². The molecule has 0 amide bonds. The minimum Gasteiger partial charge on any atom is -0.357 e. The smallest absolute Gasteiger partial charge is 0.191 e. The molecule has 1 fully saturated rings. The Morgan fingerprint density at radius 2 is 1.90 bits per heavy atom. The van der Waals surface area contributed by atoms with Crippen LogP contribution in [0.3, 0.4) is 0 Å². The van der Waals surface area contributed by atoms with Gasteiger partial charge >= 0.3 is 0 Å². The van der Waals surface area contributed by atoms with Crippen LogP contribution in [0.2, 0.25) is 0 Å². The number of aliphatic imine (C=N–C) groups is 1. The van der Waals surface area contributed by atoms with Crippen LogP contribution in [0.15, 0.2) is 47.7 Å². The third-order valence-corrected chi connectivity index (χ3v) is 5.24. The lowest BCUT2D eigenvalue weighted by atomic mass is 10.0. The van der Waals surface area contributed by atoms with Gasteiger partial charge in [-0.15, -0.1) is 24.0 Å². The third kappa shape index (κ3) is 7.62. The zero-order chi connectivity index (χ0) is 19.8. The molecule has 0 unspecified atom stereocenters. The molecular formula is C22H35IN6. The van der Waals surface area contributed by atoms with Gasteiger partial charge in [0.05, 0.1) is 19.3 Å². The summed E-state index contributed by atoms with van der Waals surface area (Å²) in [6.45, 7) is 11.3. The summed E-state index contributed by atoms with van der Waals surface area (Å²) in [6, 6.07) is 11.5. The molecule has 1 aliphatic rings. The van der Waals surface area contributed by atoms with Crippen LogP contribution < -0.4 is 10.6 Å². The number of hydrogen-bond donors (Lipinski definition) is 2. The third-order valence-electron chi connectivity index (χ3n) is 5.24. The van der Waals surface area contributed by atoms with Gasteiger partial charge in [-0.3, -0.25) is 4.68 Å². The van der Waals surface area contributed by atoms with Gasteiger partial charge in [-0.25, -0.2) is 4.99 Å². The van der Waals surface area contributed by atoms with E-state index in [4.69, 9.17) is 4.99 Å². The van der Waals surface area contributed by atoms with E-state index in [9.17, 15) is 0 Å². The number of halogens is 1. The van der Waals surface area contributed by atoms with Gasteiger partial charge in [0.15, 0.2) is 5.96 Å². The van der Waals surface area contributed by atoms with E-state index in [0.29, 0.717) is 18.6 Å². The molecule has 29 heavy (non-hydrogen) atoms. The molecule has 2 aromatic rings. The summed E-state index contributed by atoms with van der Waals surface area (Å²) in [7, 11) is 0. The predicted octanol–water partition coefficient (Wildman–Crippen LogP) is 3.48. The van der Waals surface area contributed by atoms with E-state index in [0.717, 1.165) is 50.5 Å². The van der Waals surface area contributed by atoms with Crippen LogP contribution >= 0.6 is 24.0 Å². The van der Waals surface area contributed by atoms with Crippen LogP contribution in [0.1, 0.15) is 44.7 Å². The Hall–Kier alpha value is -1.61. The fraction of sp³-hybridized carbons (Fsp3) is 0.545. The summed E-state index contributed by atoms with van der Waals surface area (Å²) in [5, 5.41) is 11.5. The Morgan fingerprint density at radius 1 is 1.17 bits per heavy atom. The van der Waals surface area contributed by atoms with Crippen LogP contribution in [0, 0.1) is 0 Å². The first-order valence-electron chi connectivity index (χ1n) is 10.5. The standard InChI is InChI=1S/C22H34N6.HI/c1-4-23-22(26-21-10-12-27(13-11-21)18(2)3)24-14-20-15-25-28(17-20)16-19-8-6-5-7-9-19;/h5-9,15,17-18,21H,4,10-14,16H2,1-3H3,(H2,23,24,26);1H. The fourth-order valence-electron chi connectivity index (χ4n) is 3.59. The molecule has 2 heterocycles. The Bertz CT molecular complexity index is 735. The molecule has 2 N–H and O–H groups in total. The fourth-order valence-corrected chi connectivity index (χ4v) is 3.59. The van der Waals surface area contributed by atoms with Crippen molar-refractivity contribution in [3.63, 3.8) is 0 Å². The quantitative estimate of drug-likeness (QED) is 0.340. The molecule has 1 aliphatic heterocycles. The summed E-state index contributed by atoms with van der Waals surface area (Å²) in [5.41, 5.74) is 2.38. The van der Waals surface area contributed by atoms with Crippen molar-refractivity contribution in [2.45, 2.75) is 58.8 Å². The van der Waals surface area contributed by atoms with E-state index in [1.807, 2.05) is 16.9 Å². The van der Waals surface area contributed by atoms with Crippen molar-refractivity contribution in [3.8, 4) is 0 Å². The van der Waals surface area contributed by atoms with Crippen LogP contribution in [0.5, 0.6) is 0 Å². The van der Waals surface area contributed by atoms with Crippen molar-refractivity contribution in [2.24, 2.45) is 4.99 Å². The summed E-state index contributed by atoms with van der Waals surface area (Å²) in [5.74, 6) is 0.904. The molecule has 6 nitrogen and oxygen atoms in total. The summed E-state index contributed by atoms with van der Waals surface area (Å²) in [6.07, 6.45) is 6.33. The number of nitrogens with one attached hydrogen (secondary N) is 2. The molecule has 1 aromatic carbocycles. The van der Waals surface area contributed by atoms with Gasteiger partial charge in [0, 0.05) is 43.5 Å². The van der Waals surface area contributed by atoms with Gasteiger partial charge in [0.25, 0.3) is 0 Å². The highest BCUT2D eigenvalue weighted by molar-refractivity contribution is 14.0. The maximum absolute atomic E-state index is 4.78. The second kappa shape index (κ2) is 12.2. The predicted molar refractivity (Wildman–Crippen MR) is 131 cm³/mol. The monoisotopic (exact) mass is 510 g/mol. The highest BCUT2D eigenvalue weighted by atomic mass is 127. The SMILES string of the molecule is CCNC(=NCc1cnn(Cc2ccccc2)c1)NC1CCN(C(C)C)CC1.I. The number of nitrogens with zero attached hydrogens (tertiary/aromatic N) is 4. The van der Waals surface area contributed by atoms with Crippen molar-refractivity contribution in [3.05, 3.63) is 53.9 Å². The zero-order valence-electron chi connectivity index (χ0n) is 17.8. The Labute approximate surface area is 192 Å². The summed E-state index contributed by atoms with van der Waals surface area (Å²) >= 11 is 0. The molecular weight excluding hydrogens is 475 g/mol. The first-order valence-corrected chi connectivity index (χ1v) is 10.5. The molecule has 3 rings (SSSR count). The molecule has 1 aromatic heterocycles. The van der Waals surface area contributed by atoms with E-state index in [1.54, 1.807) is 0 Å². The average Bonchev–Trinajstić information content (AvgIpc) is 3.15. The van der Waals surface area contributed by atoms with Crippen molar-refractivity contribution >= 4 is 29.9 Å². The van der Waals surface area contributed by atoms with Gasteiger partial charge in [-0.1, -0.05) is 30.3 Å². The number of aromatic nitrogens is 2. The molecule has 1 saturated heterocycles. The van der Waals surface area contributed by atoms with Gasteiger partial charge in [0.1, 0.15) is 0 Å². The first kappa shape index (κ1) is 23.7. The number of guanidine groups is 1. The Kier molecular flexibility index (Phi) is 9.93. The normalized spacial score (nSPS) is 15.9.